The molecule has 0 bridgehead atoms. The van der Waals surface area contributed by atoms with Gasteiger partial charge in [-0.25, -0.2) is 28.7 Å². The molecule has 4 aromatic rings. The van der Waals surface area contributed by atoms with E-state index >= 15 is 0 Å². The van der Waals surface area contributed by atoms with Crippen molar-refractivity contribution in [2.24, 2.45) is 5.10 Å². The van der Waals surface area contributed by atoms with Crippen LogP contribution in [0.2, 0.25) is 0 Å². The SMILES string of the molecule is C#C.CC.Fc1ccc(/C2=N/NC/C=c3/cncn/c3=C/C2)cc1.O=C(CN1CCCC1)N1CC=C[C@H](Nc2ccc(-c3ncc(F)cn3)cc2)C1. The molecule has 3 aliphatic heterocycles. The third-order valence-electron chi connectivity index (χ3n) is 8.20. The molecule has 3 aliphatic rings. The Balaban J connectivity index is 0.000000222. The highest BCUT2D eigenvalue weighted by atomic mass is 19.1. The number of nitrogens with one attached hydrogen (secondary N) is 2. The van der Waals surface area contributed by atoms with E-state index in [1.165, 1.54) is 31.3 Å². The lowest BCUT2D eigenvalue weighted by atomic mass is 10.1. The number of halogens is 2. The summed E-state index contributed by atoms with van der Waals surface area (Å²) in [5.74, 6) is -0.0122. The van der Waals surface area contributed by atoms with Gasteiger partial charge < -0.3 is 15.6 Å². The minimum Gasteiger partial charge on any atom is -0.377 e. The minimum atomic E-state index is -0.449. The van der Waals surface area contributed by atoms with Crippen LogP contribution in [0.5, 0.6) is 0 Å². The predicted molar refractivity (Wildman–Crippen MR) is 203 cm³/mol. The Morgan fingerprint density at radius 3 is 2.31 bits per heavy atom. The quantitative estimate of drug-likeness (QED) is 0.225. The molecule has 0 saturated carbocycles. The highest BCUT2D eigenvalue weighted by Crippen LogP contribution is 2.19. The summed E-state index contributed by atoms with van der Waals surface area (Å²) in [5.41, 5.74) is 6.52. The van der Waals surface area contributed by atoms with E-state index < -0.39 is 5.82 Å². The summed E-state index contributed by atoms with van der Waals surface area (Å²) in [6.45, 7) is 8.51. The molecule has 2 N–H and O–H groups in total. The van der Waals surface area contributed by atoms with Crippen LogP contribution in [0.1, 0.15) is 38.7 Å². The molecule has 2 aromatic carbocycles. The Kier molecular flexibility index (Phi) is 15.6. The van der Waals surface area contributed by atoms with Gasteiger partial charge in [-0.3, -0.25) is 9.69 Å². The molecule has 5 heterocycles. The number of anilines is 1. The Morgan fingerprint density at radius 2 is 1.60 bits per heavy atom. The lowest BCUT2D eigenvalue weighted by Crippen LogP contribution is -2.46. The summed E-state index contributed by atoms with van der Waals surface area (Å²) in [6.07, 6.45) is 24.8. The average Bonchev–Trinajstić information content (AvgIpc) is 3.74. The summed E-state index contributed by atoms with van der Waals surface area (Å²) >= 11 is 0. The molecule has 10 nitrogen and oxygen atoms in total. The number of hydrogen-bond donors (Lipinski definition) is 2. The Hall–Kier alpha value is -5.80. The first-order chi connectivity index (χ1) is 25.5. The summed E-state index contributed by atoms with van der Waals surface area (Å²) in [6, 6.07) is 14.1. The van der Waals surface area contributed by atoms with E-state index in [-0.39, 0.29) is 17.8 Å². The second-order valence-electron chi connectivity index (χ2n) is 11.7. The fourth-order valence-corrected chi connectivity index (χ4v) is 5.68. The van der Waals surface area contributed by atoms with Crippen LogP contribution >= 0.6 is 0 Å². The Morgan fingerprint density at radius 1 is 0.904 bits per heavy atom. The van der Waals surface area contributed by atoms with E-state index in [0.717, 1.165) is 58.6 Å². The van der Waals surface area contributed by atoms with Gasteiger partial charge in [0, 0.05) is 42.2 Å². The second kappa shape index (κ2) is 20.8. The molecule has 0 unspecified atom stereocenters. The number of terminal acetylenes is 1. The molecule has 1 amide bonds. The number of carbonyl (C=O) groups is 1. The van der Waals surface area contributed by atoms with Crippen molar-refractivity contribution in [3.8, 4) is 24.2 Å². The summed E-state index contributed by atoms with van der Waals surface area (Å²) < 4.78 is 25.9. The van der Waals surface area contributed by atoms with E-state index in [1.807, 2.05) is 61.2 Å². The zero-order chi connectivity index (χ0) is 37.1. The van der Waals surface area contributed by atoms with Crippen molar-refractivity contribution in [2.45, 2.75) is 39.2 Å². The summed E-state index contributed by atoms with van der Waals surface area (Å²) in [5, 5.41) is 9.68. The molecule has 1 fully saturated rings. The molecule has 7 rings (SSSR count). The molecule has 12 heteroatoms. The van der Waals surface area contributed by atoms with Crippen LogP contribution < -0.4 is 21.3 Å². The molecule has 1 atom stereocenters. The zero-order valence-electron chi connectivity index (χ0n) is 29.6. The predicted octanol–water partition coefficient (Wildman–Crippen LogP) is 4.41. The van der Waals surface area contributed by atoms with Gasteiger partial charge >= 0.3 is 0 Å². The number of nitrogens with zero attached hydrogens (tertiary/aromatic N) is 7. The topological polar surface area (TPSA) is 112 Å². The minimum absolute atomic E-state index is 0.0733. The number of carbonyl (C=O) groups excluding carboxylic acids is 1. The van der Waals surface area contributed by atoms with Gasteiger partial charge in [-0.15, -0.1) is 12.8 Å². The molecule has 52 heavy (non-hydrogen) atoms. The van der Waals surface area contributed by atoms with Gasteiger partial charge in [-0.1, -0.05) is 50.3 Å². The smallest absolute Gasteiger partial charge is 0.237 e. The highest BCUT2D eigenvalue weighted by Gasteiger charge is 2.23. The largest absolute Gasteiger partial charge is 0.377 e. The lowest BCUT2D eigenvalue weighted by Gasteiger charge is -2.31. The third-order valence-corrected chi connectivity index (χ3v) is 8.20. The first kappa shape index (κ1) is 39.0. The number of rotatable bonds is 6. The molecule has 1 saturated heterocycles. The van der Waals surface area contributed by atoms with Crippen molar-refractivity contribution in [1.82, 2.24) is 35.2 Å². The van der Waals surface area contributed by atoms with Gasteiger partial charge in [0.1, 0.15) is 12.1 Å². The van der Waals surface area contributed by atoms with Crippen molar-refractivity contribution >= 4 is 29.5 Å². The lowest BCUT2D eigenvalue weighted by molar-refractivity contribution is -0.131. The van der Waals surface area contributed by atoms with Crippen molar-refractivity contribution < 1.29 is 13.6 Å². The molecular weight excluding hydrogens is 660 g/mol. The first-order valence-corrected chi connectivity index (χ1v) is 17.4. The van der Waals surface area contributed by atoms with Crippen LogP contribution in [-0.2, 0) is 4.79 Å². The number of hydrazone groups is 1. The molecule has 2 aromatic heterocycles. The standard InChI is InChI=1S/C21H24FN5O.C15H13FN4.C2H6.C2H2/c22-17-12-23-21(24-13-17)16-5-7-18(8-6-16)25-19-4-3-11-27(14-19)20(28)15-26-9-1-2-10-26;16-13-3-1-11(2-4-13)15-6-5-14-12(7-8-19-20-15)9-17-10-18-14;2*1-2/h3-8,12-13,19,25H,1-2,9-11,14-15H2;1-5,7,9-10,19H,6,8H2;1-2H3;1-2H/b;12-7-,14-5+,20-15+;;/t19-;;;/m0.../s1. The third kappa shape index (κ3) is 11.6. The maximum atomic E-state index is 13.0. The van der Waals surface area contributed by atoms with Gasteiger partial charge in [-0.2, -0.15) is 5.10 Å². The van der Waals surface area contributed by atoms with E-state index in [1.54, 1.807) is 18.3 Å². The Bertz CT molecular complexity index is 1910. The van der Waals surface area contributed by atoms with Gasteiger partial charge in [0.2, 0.25) is 5.91 Å². The van der Waals surface area contributed by atoms with Gasteiger partial charge in [0.25, 0.3) is 0 Å². The number of aromatic nitrogens is 4. The second-order valence-corrected chi connectivity index (χ2v) is 11.7. The van der Waals surface area contributed by atoms with Gasteiger partial charge in [0.05, 0.1) is 42.6 Å². The number of benzene rings is 2. The van der Waals surface area contributed by atoms with Gasteiger partial charge in [0.15, 0.2) is 11.6 Å². The van der Waals surface area contributed by atoms with E-state index in [2.05, 4.69) is 59.6 Å². The molecule has 270 valence electrons. The van der Waals surface area contributed by atoms with Crippen LogP contribution in [0, 0.1) is 24.5 Å². The maximum Gasteiger partial charge on any atom is 0.237 e. The van der Waals surface area contributed by atoms with Crippen molar-refractivity contribution in [3.05, 3.63) is 113 Å². The Labute approximate surface area is 304 Å². The van der Waals surface area contributed by atoms with Crippen molar-refractivity contribution in [3.63, 3.8) is 0 Å². The maximum absolute atomic E-state index is 13.0. The highest BCUT2D eigenvalue weighted by molar-refractivity contribution is 6.03. The number of hydrogen-bond acceptors (Lipinski definition) is 9. The van der Waals surface area contributed by atoms with E-state index in [9.17, 15) is 13.6 Å². The van der Waals surface area contributed by atoms with Crippen molar-refractivity contribution in [2.75, 3.05) is 44.6 Å². The van der Waals surface area contributed by atoms with Crippen LogP contribution in [0.15, 0.2) is 90.7 Å². The number of amides is 1. The molecular formula is C40H45F2N9O. The normalized spacial score (nSPS) is 18.6. The monoisotopic (exact) mass is 705 g/mol. The van der Waals surface area contributed by atoms with Gasteiger partial charge in [-0.05, 0) is 67.9 Å². The van der Waals surface area contributed by atoms with Crippen molar-refractivity contribution in [1.29, 1.82) is 0 Å². The van der Waals surface area contributed by atoms with Crippen LogP contribution in [0.4, 0.5) is 14.5 Å². The average molecular weight is 706 g/mol. The molecule has 0 radical (unpaired) electrons. The summed E-state index contributed by atoms with van der Waals surface area (Å²) in [7, 11) is 0. The van der Waals surface area contributed by atoms with E-state index in [4.69, 9.17) is 0 Å². The molecule has 0 aliphatic carbocycles. The first-order valence-electron chi connectivity index (χ1n) is 17.4. The molecule has 0 spiro atoms. The fraction of sp³-hybridized carbons (Fsp3) is 0.300. The van der Waals surface area contributed by atoms with Crippen LogP contribution in [-0.4, -0.2) is 86.7 Å². The number of fused-ring (bicyclic) bond motifs is 1. The summed E-state index contributed by atoms with van der Waals surface area (Å²) in [4.78, 5) is 33.0. The van der Waals surface area contributed by atoms with Crippen LogP contribution in [0.3, 0.4) is 0 Å². The fourth-order valence-electron chi connectivity index (χ4n) is 5.68. The number of likely N-dealkylation sites (tertiary alicyclic amines) is 1. The zero-order valence-corrected chi connectivity index (χ0v) is 29.6. The van der Waals surface area contributed by atoms with Crippen LogP contribution in [0.25, 0.3) is 23.5 Å². The van der Waals surface area contributed by atoms with E-state index in [0.29, 0.717) is 38.4 Å².